The molecule has 0 amide bonds. The smallest absolute Gasteiger partial charge is 0.338 e. The third-order valence-electron chi connectivity index (χ3n) is 5.74. The Labute approximate surface area is 217 Å². The number of rotatable bonds is 7. The summed E-state index contributed by atoms with van der Waals surface area (Å²) in [6.45, 7) is 5.38. The van der Waals surface area contributed by atoms with E-state index in [4.69, 9.17) is 14.2 Å². The molecule has 0 fully saturated rings. The van der Waals surface area contributed by atoms with E-state index in [0.29, 0.717) is 37.7 Å². The molecule has 0 saturated carbocycles. The second-order valence-corrected chi connectivity index (χ2v) is 10.3. The number of nitrogens with zero attached hydrogens (tertiary/aromatic N) is 2. The van der Waals surface area contributed by atoms with E-state index in [9.17, 15) is 9.59 Å². The lowest BCUT2D eigenvalue weighted by molar-refractivity contribution is -0.143. The lowest BCUT2D eigenvalue weighted by atomic mass is 9.96. The Kier molecular flexibility index (Phi) is 7.70. The number of carbonyl (C=O) groups excluding carboxylic acids is 1. The summed E-state index contributed by atoms with van der Waals surface area (Å²) in [4.78, 5) is 33.3. The van der Waals surface area contributed by atoms with E-state index in [1.807, 2.05) is 42.7 Å². The van der Waals surface area contributed by atoms with Gasteiger partial charge in [-0.1, -0.05) is 35.6 Å². The van der Waals surface area contributed by atoms with Crippen LogP contribution in [0.2, 0.25) is 0 Å². The molecule has 36 heavy (non-hydrogen) atoms. The summed E-state index contributed by atoms with van der Waals surface area (Å²) in [5.41, 5.74) is 2.16. The number of aromatic nitrogens is 1. The highest BCUT2D eigenvalue weighted by atomic mass is 32.2. The molecule has 1 atom stereocenters. The van der Waals surface area contributed by atoms with Crippen molar-refractivity contribution in [2.75, 3.05) is 20.5 Å². The Morgan fingerprint density at radius 1 is 1.14 bits per heavy atom. The molecule has 1 aliphatic heterocycles. The van der Waals surface area contributed by atoms with Gasteiger partial charge in [0.2, 0.25) is 0 Å². The fourth-order valence-corrected chi connectivity index (χ4v) is 5.57. The Balaban J connectivity index is 1.95. The zero-order chi connectivity index (χ0) is 26.0. The maximum Gasteiger partial charge on any atom is 0.338 e. The summed E-state index contributed by atoms with van der Waals surface area (Å²) in [6.07, 6.45) is 3.47. The molecule has 0 N–H and O–H groups in total. The third kappa shape index (κ3) is 4.85. The highest BCUT2D eigenvalue weighted by molar-refractivity contribution is 7.98. The Bertz CT molecular complexity index is 1500. The van der Waals surface area contributed by atoms with Crippen LogP contribution < -0.4 is 24.4 Å². The zero-order valence-corrected chi connectivity index (χ0v) is 22.7. The van der Waals surface area contributed by atoms with E-state index in [-0.39, 0.29) is 11.7 Å². The van der Waals surface area contributed by atoms with Crippen molar-refractivity contribution in [3.63, 3.8) is 0 Å². The third-order valence-corrected chi connectivity index (χ3v) is 7.46. The molecule has 0 aliphatic carbocycles. The van der Waals surface area contributed by atoms with Crippen molar-refractivity contribution in [3.05, 3.63) is 84.5 Å². The fourth-order valence-electron chi connectivity index (χ4n) is 4.13. The average molecular weight is 525 g/mol. The molecule has 0 unspecified atom stereocenters. The Morgan fingerprint density at radius 2 is 1.86 bits per heavy atom. The predicted molar refractivity (Wildman–Crippen MR) is 143 cm³/mol. The first kappa shape index (κ1) is 25.8. The molecule has 3 aromatic rings. The van der Waals surface area contributed by atoms with Gasteiger partial charge in [0.1, 0.15) is 0 Å². The molecule has 188 valence electrons. The maximum absolute atomic E-state index is 13.8. The molecule has 4 rings (SSSR count). The van der Waals surface area contributed by atoms with Crippen molar-refractivity contribution in [1.82, 2.24) is 4.57 Å². The summed E-state index contributed by atoms with van der Waals surface area (Å²) in [5.74, 6) is 0.627. The molecule has 0 spiro atoms. The molecule has 1 aromatic heterocycles. The van der Waals surface area contributed by atoms with E-state index >= 15 is 0 Å². The zero-order valence-electron chi connectivity index (χ0n) is 21.0. The van der Waals surface area contributed by atoms with E-state index in [0.717, 1.165) is 10.5 Å². The lowest BCUT2D eigenvalue weighted by Crippen LogP contribution is -2.40. The van der Waals surface area contributed by atoms with Gasteiger partial charge in [-0.15, -0.1) is 11.8 Å². The number of para-hydroxylation sites is 1. The van der Waals surface area contributed by atoms with Crippen molar-refractivity contribution < 1.29 is 19.0 Å². The van der Waals surface area contributed by atoms with Crippen LogP contribution in [0.4, 0.5) is 0 Å². The van der Waals surface area contributed by atoms with Crippen LogP contribution in [-0.4, -0.2) is 37.1 Å². The topological polar surface area (TPSA) is 79.1 Å². The van der Waals surface area contributed by atoms with Crippen LogP contribution in [0.1, 0.15) is 37.9 Å². The van der Waals surface area contributed by atoms with Crippen LogP contribution in [-0.2, 0) is 9.53 Å². The second-order valence-electron chi connectivity index (χ2n) is 8.39. The number of ether oxygens (including phenoxy) is 3. The number of allylic oxidation sites excluding steroid dienone is 1. The first-order valence-electron chi connectivity index (χ1n) is 11.4. The average Bonchev–Trinajstić information content (AvgIpc) is 3.16. The van der Waals surface area contributed by atoms with Crippen LogP contribution in [0.3, 0.4) is 0 Å². The summed E-state index contributed by atoms with van der Waals surface area (Å²) in [7, 11) is 3.13. The number of hydrogen-bond donors (Lipinski definition) is 0. The minimum absolute atomic E-state index is 0.245. The van der Waals surface area contributed by atoms with E-state index in [1.54, 1.807) is 63.5 Å². The Hall–Kier alpha value is -3.30. The highest BCUT2D eigenvalue weighted by Gasteiger charge is 2.33. The fraction of sp³-hybridized carbons (Fsp3) is 0.296. The van der Waals surface area contributed by atoms with Gasteiger partial charge in [0.15, 0.2) is 16.3 Å². The van der Waals surface area contributed by atoms with Crippen molar-refractivity contribution >= 4 is 35.1 Å². The highest BCUT2D eigenvalue weighted by Crippen LogP contribution is 2.33. The molecular weight excluding hydrogens is 496 g/mol. The van der Waals surface area contributed by atoms with Crippen LogP contribution in [0.15, 0.2) is 68.4 Å². The van der Waals surface area contributed by atoms with Gasteiger partial charge in [0.25, 0.3) is 5.56 Å². The van der Waals surface area contributed by atoms with Crippen molar-refractivity contribution in [3.8, 4) is 11.5 Å². The molecular formula is C27H28N2O5S2. The number of hydrogen-bond acceptors (Lipinski definition) is 8. The normalized spacial score (nSPS) is 15.5. The van der Waals surface area contributed by atoms with Crippen LogP contribution >= 0.6 is 23.1 Å². The van der Waals surface area contributed by atoms with Gasteiger partial charge in [-0.3, -0.25) is 9.36 Å². The molecule has 0 radical (unpaired) electrons. The summed E-state index contributed by atoms with van der Waals surface area (Å²) in [5, 5.41) is 0. The number of methoxy groups -OCH3 is 2. The van der Waals surface area contributed by atoms with Gasteiger partial charge in [-0.25, -0.2) is 9.79 Å². The standard InChI is InChI=1S/C27H28N2O5S2/c1-15(2)34-26(31)22-16(3)28-27-29(23(22)17-10-12-19(35-6)13-11-17)25(30)21(36-27)14-18-8-7-9-20(32-4)24(18)33-5/h7-15,23H,1-6H3/b21-14-/t23-/m1/s1. The van der Waals surface area contributed by atoms with Crippen molar-refractivity contribution in [1.29, 1.82) is 0 Å². The number of benzene rings is 2. The second kappa shape index (κ2) is 10.8. The van der Waals surface area contributed by atoms with Crippen molar-refractivity contribution in [2.45, 2.75) is 37.8 Å². The molecule has 2 heterocycles. The van der Waals surface area contributed by atoms with Crippen molar-refractivity contribution in [2.24, 2.45) is 4.99 Å². The van der Waals surface area contributed by atoms with Gasteiger partial charge in [0, 0.05) is 10.5 Å². The number of esters is 1. The quantitative estimate of drug-likeness (QED) is 0.344. The van der Waals surface area contributed by atoms with Gasteiger partial charge >= 0.3 is 5.97 Å². The van der Waals surface area contributed by atoms with E-state index in [2.05, 4.69) is 4.99 Å². The minimum atomic E-state index is -0.655. The first-order valence-corrected chi connectivity index (χ1v) is 13.4. The van der Waals surface area contributed by atoms with Gasteiger partial charge in [-0.05, 0) is 56.9 Å². The first-order chi connectivity index (χ1) is 17.3. The Morgan fingerprint density at radius 3 is 2.47 bits per heavy atom. The van der Waals surface area contributed by atoms with E-state index < -0.39 is 12.0 Å². The van der Waals surface area contributed by atoms with Crippen LogP contribution in [0.5, 0.6) is 11.5 Å². The molecule has 0 saturated heterocycles. The molecule has 0 bridgehead atoms. The largest absolute Gasteiger partial charge is 0.493 e. The monoisotopic (exact) mass is 524 g/mol. The number of fused-ring (bicyclic) bond motifs is 1. The van der Waals surface area contributed by atoms with E-state index in [1.165, 1.54) is 11.3 Å². The summed E-state index contributed by atoms with van der Waals surface area (Å²) >= 11 is 2.89. The minimum Gasteiger partial charge on any atom is -0.493 e. The summed E-state index contributed by atoms with van der Waals surface area (Å²) in [6, 6.07) is 12.7. The van der Waals surface area contributed by atoms with Gasteiger partial charge < -0.3 is 14.2 Å². The molecule has 2 aromatic carbocycles. The number of carbonyl (C=O) groups is 1. The predicted octanol–water partition coefficient (Wildman–Crippen LogP) is 3.93. The number of thiazole rings is 1. The lowest BCUT2D eigenvalue weighted by Gasteiger charge is -2.25. The number of thioether (sulfide) groups is 1. The van der Waals surface area contributed by atoms with Crippen LogP contribution in [0, 0.1) is 0 Å². The van der Waals surface area contributed by atoms with Crippen LogP contribution in [0.25, 0.3) is 6.08 Å². The molecule has 9 heteroatoms. The molecule has 1 aliphatic rings. The van der Waals surface area contributed by atoms with Gasteiger partial charge in [-0.2, -0.15) is 0 Å². The van der Waals surface area contributed by atoms with Gasteiger partial charge in [0.05, 0.1) is 42.2 Å². The molecule has 7 nitrogen and oxygen atoms in total. The SMILES string of the molecule is COc1cccc(/C=c2\sc3n(c2=O)[C@H](c2ccc(SC)cc2)C(C(=O)OC(C)C)=C(C)N=3)c1OC. The maximum atomic E-state index is 13.8. The summed E-state index contributed by atoms with van der Waals surface area (Å²) < 4.78 is 18.6.